The minimum atomic E-state index is -0.538. The third-order valence-electron chi connectivity index (χ3n) is 7.21. The Morgan fingerprint density at radius 3 is 2.82 bits per heavy atom. The van der Waals surface area contributed by atoms with Gasteiger partial charge in [-0.1, -0.05) is 11.3 Å². The maximum absolute atomic E-state index is 14.8. The van der Waals surface area contributed by atoms with E-state index in [1.165, 1.54) is 29.5 Å². The fourth-order valence-corrected chi connectivity index (χ4v) is 6.37. The molecule has 34 heavy (non-hydrogen) atoms. The van der Waals surface area contributed by atoms with Crippen LogP contribution in [0.15, 0.2) is 36.7 Å². The summed E-state index contributed by atoms with van der Waals surface area (Å²) in [6, 6.07) is 5.62. The van der Waals surface area contributed by atoms with Gasteiger partial charge in [0.15, 0.2) is 10.7 Å². The van der Waals surface area contributed by atoms with E-state index in [4.69, 9.17) is 9.72 Å². The zero-order valence-electron chi connectivity index (χ0n) is 18.2. The van der Waals surface area contributed by atoms with Crippen molar-refractivity contribution in [2.24, 2.45) is 5.92 Å². The van der Waals surface area contributed by atoms with Crippen LogP contribution in [0.5, 0.6) is 0 Å². The first kappa shape index (κ1) is 20.2. The average Bonchev–Trinajstić information content (AvgIpc) is 3.22. The van der Waals surface area contributed by atoms with Crippen molar-refractivity contribution in [1.29, 1.82) is 0 Å². The number of benzene rings is 1. The second-order valence-electron chi connectivity index (χ2n) is 8.99. The van der Waals surface area contributed by atoms with E-state index in [1.54, 1.807) is 10.7 Å². The van der Waals surface area contributed by atoms with Crippen LogP contribution in [0.1, 0.15) is 18.4 Å². The summed E-state index contributed by atoms with van der Waals surface area (Å²) >= 11 is 1.51. The van der Waals surface area contributed by atoms with E-state index < -0.39 is 11.4 Å². The van der Waals surface area contributed by atoms with Gasteiger partial charge in [-0.3, -0.25) is 0 Å². The molecule has 11 heteroatoms. The third kappa shape index (κ3) is 2.96. The molecule has 0 spiro atoms. The van der Waals surface area contributed by atoms with Crippen molar-refractivity contribution in [3.8, 4) is 10.6 Å². The molecule has 3 aliphatic rings. The lowest BCUT2D eigenvalue weighted by Crippen LogP contribution is -2.36. The van der Waals surface area contributed by atoms with Crippen LogP contribution in [-0.2, 0) is 10.3 Å². The van der Waals surface area contributed by atoms with Gasteiger partial charge in [0.25, 0.3) is 0 Å². The molecule has 0 radical (unpaired) electrons. The lowest BCUT2D eigenvalue weighted by atomic mass is 10.0. The van der Waals surface area contributed by atoms with Crippen LogP contribution in [0.3, 0.4) is 0 Å². The standard InChI is InChI=1S/C23H21F2N7OS/c24-15-1-2-18(25)17(11-15)23-12-14(23)3-5-31(23)19-4-6-32-20(27-19)16(13-26-32)21-28-29-22(34-21)30-7-9-33-10-8-30/h1-2,4,6,11,13-14H,3,5,7-10,12H2/t14-,23+/m0/s1. The van der Waals surface area contributed by atoms with Gasteiger partial charge in [-0.05, 0) is 43.0 Å². The van der Waals surface area contributed by atoms with Crippen molar-refractivity contribution >= 4 is 27.9 Å². The van der Waals surface area contributed by atoms with Crippen LogP contribution in [0.25, 0.3) is 16.2 Å². The highest BCUT2D eigenvalue weighted by molar-refractivity contribution is 7.18. The van der Waals surface area contributed by atoms with Gasteiger partial charge in [-0.25, -0.2) is 18.3 Å². The van der Waals surface area contributed by atoms with Gasteiger partial charge in [0, 0.05) is 31.4 Å². The highest BCUT2D eigenvalue weighted by atomic mass is 32.1. The highest BCUT2D eigenvalue weighted by Crippen LogP contribution is 2.63. The van der Waals surface area contributed by atoms with Crippen LogP contribution in [0.2, 0.25) is 0 Å². The number of halogens is 2. The Balaban J connectivity index is 1.26. The van der Waals surface area contributed by atoms with E-state index in [0.29, 0.717) is 30.3 Å². The molecule has 2 aliphatic heterocycles. The van der Waals surface area contributed by atoms with Gasteiger partial charge >= 0.3 is 0 Å². The molecule has 0 bridgehead atoms. The van der Waals surface area contributed by atoms with E-state index in [2.05, 4.69) is 25.1 Å². The monoisotopic (exact) mass is 481 g/mol. The summed E-state index contributed by atoms with van der Waals surface area (Å²) in [6.45, 7) is 3.69. The normalized spacial score (nSPS) is 24.1. The fourth-order valence-electron chi connectivity index (χ4n) is 5.46. The predicted molar refractivity (Wildman–Crippen MR) is 123 cm³/mol. The molecule has 8 nitrogen and oxygen atoms in total. The second kappa shape index (κ2) is 7.41. The smallest absolute Gasteiger partial charge is 0.208 e. The Labute approximate surface area is 197 Å². The number of piperidine rings is 1. The number of nitrogens with zero attached hydrogens (tertiary/aromatic N) is 7. The number of morpholine rings is 1. The quantitative estimate of drug-likeness (QED) is 0.442. The number of fused-ring (bicyclic) bond motifs is 2. The van der Waals surface area contributed by atoms with Crippen LogP contribution in [-0.4, -0.2) is 57.6 Å². The molecule has 0 N–H and O–H groups in total. The van der Waals surface area contributed by atoms with Crippen molar-refractivity contribution in [3.63, 3.8) is 0 Å². The molecule has 7 rings (SSSR count). The molecular weight excluding hydrogens is 460 g/mol. The van der Waals surface area contributed by atoms with Crippen molar-refractivity contribution in [2.75, 3.05) is 42.6 Å². The lowest BCUT2D eigenvalue weighted by molar-refractivity contribution is 0.122. The SMILES string of the molecule is Fc1ccc(F)c([C@@]23C[C@@H]2CCN3c2ccn3ncc(-c4nnc(N5CCOCC5)s4)c3n2)c1. The lowest BCUT2D eigenvalue weighted by Gasteiger charge is -2.30. The Hall–Kier alpha value is -3.18. The minimum Gasteiger partial charge on any atom is -0.378 e. The molecule has 3 fully saturated rings. The molecule has 1 saturated carbocycles. The van der Waals surface area contributed by atoms with Crippen molar-refractivity contribution in [2.45, 2.75) is 18.4 Å². The highest BCUT2D eigenvalue weighted by Gasteiger charge is 2.64. The summed E-state index contributed by atoms with van der Waals surface area (Å²) in [4.78, 5) is 9.23. The summed E-state index contributed by atoms with van der Waals surface area (Å²) in [5, 5.41) is 14.8. The van der Waals surface area contributed by atoms with E-state index in [9.17, 15) is 8.78 Å². The molecule has 174 valence electrons. The van der Waals surface area contributed by atoms with Crippen molar-refractivity contribution in [1.82, 2.24) is 24.8 Å². The summed E-state index contributed by atoms with van der Waals surface area (Å²) in [5.74, 6) is 0.241. The summed E-state index contributed by atoms with van der Waals surface area (Å²) < 4.78 is 35.9. The summed E-state index contributed by atoms with van der Waals surface area (Å²) in [5.41, 5.74) is 1.35. The number of ether oxygens (including phenoxy) is 1. The molecule has 0 unspecified atom stereocenters. The van der Waals surface area contributed by atoms with Gasteiger partial charge in [0.2, 0.25) is 5.13 Å². The summed E-state index contributed by atoms with van der Waals surface area (Å²) in [6.07, 6.45) is 5.33. The Kier molecular flexibility index (Phi) is 4.40. The second-order valence-corrected chi connectivity index (χ2v) is 9.95. The third-order valence-corrected chi connectivity index (χ3v) is 8.23. The van der Waals surface area contributed by atoms with E-state index in [-0.39, 0.29) is 5.82 Å². The summed E-state index contributed by atoms with van der Waals surface area (Å²) in [7, 11) is 0. The zero-order chi connectivity index (χ0) is 22.9. The van der Waals surface area contributed by atoms with Crippen LogP contribution < -0.4 is 9.80 Å². The van der Waals surface area contributed by atoms with E-state index in [1.807, 2.05) is 12.3 Å². The van der Waals surface area contributed by atoms with Crippen LogP contribution in [0, 0.1) is 17.6 Å². The van der Waals surface area contributed by atoms with Crippen LogP contribution in [0.4, 0.5) is 19.7 Å². The molecule has 1 aliphatic carbocycles. The van der Waals surface area contributed by atoms with E-state index >= 15 is 0 Å². The number of aromatic nitrogens is 5. The van der Waals surface area contributed by atoms with Crippen molar-refractivity contribution in [3.05, 3.63) is 53.9 Å². The fraction of sp³-hybridized carbons (Fsp3) is 0.391. The number of rotatable bonds is 4. The Bertz CT molecular complexity index is 1400. The topological polar surface area (TPSA) is 71.7 Å². The minimum absolute atomic E-state index is 0.297. The van der Waals surface area contributed by atoms with Gasteiger partial charge < -0.3 is 14.5 Å². The van der Waals surface area contributed by atoms with Gasteiger partial charge in [0.1, 0.15) is 17.5 Å². The largest absolute Gasteiger partial charge is 0.378 e. The Morgan fingerprint density at radius 2 is 1.97 bits per heavy atom. The first-order chi connectivity index (χ1) is 16.6. The molecule has 2 saturated heterocycles. The number of hydrogen-bond acceptors (Lipinski definition) is 8. The Morgan fingerprint density at radius 1 is 1.09 bits per heavy atom. The number of hydrogen-bond donors (Lipinski definition) is 0. The average molecular weight is 482 g/mol. The maximum Gasteiger partial charge on any atom is 0.208 e. The first-order valence-electron chi connectivity index (χ1n) is 11.4. The molecule has 5 heterocycles. The first-order valence-corrected chi connectivity index (χ1v) is 12.2. The maximum atomic E-state index is 14.8. The zero-order valence-corrected chi connectivity index (χ0v) is 19.0. The van der Waals surface area contributed by atoms with Crippen molar-refractivity contribution < 1.29 is 13.5 Å². The van der Waals surface area contributed by atoms with Gasteiger partial charge in [-0.15, -0.1) is 10.2 Å². The molecule has 2 atom stereocenters. The molecule has 0 amide bonds. The molecule has 3 aromatic heterocycles. The predicted octanol–water partition coefficient (Wildman–Crippen LogP) is 3.49. The van der Waals surface area contributed by atoms with E-state index in [0.717, 1.165) is 54.0 Å². The van der Waals surface area contributed by atoms with Gasteiger partial charge in [-0.2, -0.15) is 5.10 Å². The molecular formula is C23H21F2N7OS. The molecule has 4 aromatic rings. The van der Waals surface area contributed by atoms with Crippen LogP contribution >= 0.6 is 11.3 Å². The number of anilines is 2. The molecule has 1 aromatic carbocycles. The van der Waals surface area contributed by atoms with Gasteiger partial charge in [0.05, 0.1) is 30.5 Å².